The van der Waals surface area contributed by atoms with Crippen molar-refractivity contribution in [2.24, 2.45) is 11.8 Å². The summed E-state index contributed by atoms with van der Waals surface area (Å²) in [7, 11) is 2.14. The van der Waals surface area contributed by atoms with Crippen LogP contribution in [-0.2, 0) is 6.42 Å². The van der Waals surface area contributed by atoms with E-state index in [1.165, 1.54) is 43.4 Å². The van der Waals surface area contributed by atoms with E-state index in [0.717, 1.165) is 17.9 Å². The minimum absolute atomic E-state index is 0.722. The van der Waals surface area contributed by atoms with Crippen LogP contribution in [0.1, 0.15) is 43.9 Å². The second kappa shape index (κ2) is 6.55. The van der Waals surface area contributed by atoms with Gasteiger partial charge >= 0.3 is 0 Å². The molecule has 1 fully saturated rings. The molecule has 1 aliphatic carbocycles. The summed E-state index contributed by atoms with van der Waals surface area (Å²) < 4.78 is 0. The van der Waals surface area contributed by atoms with E-state index in [1.54, 1.807) is 0 Å². The monoisotopic (exact) mass is 251 g/mol. The lowest BCUT2D eigenvalue weighted by molar-refractivity contribution is 0.221. The van der Waals surface area contributed by atoms with Gasteiger partial charge in [0.25, 0.3) is 0 Å². The van der Waals surface area contributed by atoms with E-state index >= 15 is 0 Å². The number of aryl methyl sites for hydroxylation is 1. The van der Waals surface area contributed by atoms with Gasteiger partial charge in [-0.25, -0.2) is 0 Å². The predicted molar refractivity (Wildman–Crippen MR) is 76.6 cm³/mol. The lowest BCUT2D eigenvalue weighted by Gasteiger charge is -2.33. The number of hydrogen-bond donors (Lipinski definition) is 1. The van der Waals surface area contributed by atoms with Crippen LogP contribution in [0.2, 0.25) is 0 Å². The molecule has 0 radical (unpaired) electrons. The average molecular weight is 251 g/mol. The molecule has 3 atom stereocenters. The summed E-state index contributed by atoms with van der Waals surface area (Å²) in [6.07, 6.45) is 8.28. The predicted octanol–water partition coefficient (Wildman–Crippen LogP) is 4.10. The second-order valence-corrected chi connectivity index (χ2v) is 6.58. The van der Waals surface area contributed by atoms with Crippen LogP contribution in [0.15, 0.2) is 17.5 Å². The third-order valence-electron chi connectivity index (χ3n) is 4.20. The second-order valence-electron chi connectivity index (χ2n) is 5.55. The number of nitrogens with one attached hydrogen (secondary N) is 1. The average Bonchev–Trinajstić information content (AvgIpc) is 2.83. The fourth-order valence-corrected chi connectivity index (χ4v) is 3.94. The van der Waals surface area contributed by atoms with Crippen molar-refractivity contribution < 1.29 is 0 Å². The molecule has 0 saturated heterocycles. The van der Waals surface area contributed by atoms with Gasteiger partial charge in [0.05, 0.1) is 0 Å². The molecule has 1 aromatic rings. The number of rotatable bonds is 5. The van der Waals surface area contributed by atoms with E-state index < -0.39 is 0 Å². The molecule has 0 bridgehead atoms. The van der Waals surface area contributed by atoms with Gasteiger partial charge in [0, 0.05) is 10.9 Å². The Labute approximate surface area is 110 Å². The highest BCUT2D eigenvalue weighted by Gasteiger charge is 2.25. The zero-order valence-corrected chi connectivity index (χ0v) is 11.9. The van der Waals surface area contributed by atoms with E-state index in [-0.39, 0.29) is 0 Å². The van der Waals surface area contributed by atoms with E-state index in [4.69, 9.17) is 0 Å². The number of thiophene rings is 1. The molecule has 1 heterocycles. The summed E-state index contributed by atoms with van der Waals surface area (Å²) in [5, 5.41) is 5.75. The lowest BCUT2D eigenvalue weighted by Crippen LogP contribution is -2.36. The zero-order chi connectivity index (χ0) is 12.1. The van der Waals surface area contributed by atoms with Gasteiger partial charge in [-0.1, -0.05) is 25.8 Å². The summed E-state index contributed by atoms with van der Waals surface area (Å²) in [5.74, 6) is 1.84. The third-order valence-corrected chi connectivity index (χ3v) is 5.13. The van der Waals surface area contributed by atoms with Crippen LogP contribution in [0.25, 0.3) is 0 Å². The van der Waals surface area contributed by atoms with Gasteiger partial charge in [0.2, 0.25) is 0 Å². The molecule has 0 aliphatic heterocycles. The highest BCUT2D eigenvalue weighted by atomic mass is 32.1. The summed E-state index contributed by atoms with van der Waals surface area (Å²) in [6, 6.07) is 5.15. The molecule has 17 heavy (non-hydrogen) atoms. The van der Waals surface area contributed by atoms with Crippen molar-refractivity contribution >= 4 is 11.3 Å². The molecule has 96 valence electrons. The van der Waals surface area contributed by atoms with Crippen molar-refractivity contribution in [1.82, 2.24) is 5.32 Å². The quantitative estimate of drug-likeness (QED) is 0.831. The van der Waals surface area contributed by atoms with Crippen LogP contribution < -0.4 is 5.32 Å². The molecule has 1 saturated carbocycles. The van der Waals surface area contributed by atoms with Crippen LogP contribution in [-0.4, -0.2) is 13.1 Å². The molecule has 1 aliphatic rings. The summed E-state index contributed by atoms with van der Waals surface area (Å²) >= 11 is 1.89. The number of hydrogen-bond acceptors (Lipinski definition) is 2. The summed E-state index contributed by atoms with van der Waals surface area (Å²) in [6.45, 7) is 2.41. The van der Waals surface area contributed by atoms with Crippen LogP contribution in [0.5, 0.6) is 0 Å². The fraction of sp³-hybridized carbons (Fsp3) is 0.733. The minimum Gasteiger partial charge on any atom is -0.317 e. The van der Waals surface area contributed by atoms with Gasteiger partial charge in [-0.2, -0.15) is 0 Å². The Balaban J connectivity index is 1.83. The Morgan fingerprint density at radius 1 is 1.47 bits per heavy atom. The van der Waals surface area contributed by atoms with Crippen LogP contribution in [0.4, 0.5) is 0 Å². The SMILES string of the molecule is CNC(CCc1cccs1)C1CCCC(C)C1. The maximum Gasteiger partial charge on any atom is 0.00958 e. The van der Waals surface area contributed by atoms with Gasteiger partial charge in [0.1, 0.15) is 0 Å². The first kappa shape index (κ1) is 13.1. The highest BCUT2D eigenvalue weighted by Crippen LogP contribution is 2.32. The van der Waals surface area contributed by atoms with Crippen LogP contribution in [0.3, 0.4) is 0 Å². The van der Waals surface area contributed by atoms with Gasteiger partial charge in [-0.05, 0) is 56.0 Å². The Morgan fingerprint density at radius 2 is 2.35 bits per heavy atom. The molecule has 2 heteroatoms. The minimum atomic E-state index is 0.722. The van der Waals surface area contributed by atoms with E-state index in [0.29, 0.717) is 0 Å². The molecule has 3 unspecified atom stereocenters. The molecular weight excluding hydrogens is 226 g/mol. The van der Waals surface area contributed by atoms with Crippen LogP contribution >= 0.6 is 11.3 Å². The van der Waals surface area contributed by atoms with Gasteiger partial charge in [0.15, 0.2) is 0 Å². The first-order valence-corrected chi connectivity index (χ1v) is 7.87. The standard InChI is InChI=1S/C15H25NS/c1-12-5-3-6-13(11-12)15(16-2)9-8-14-7-4-10-17-14/h4,7,10,12-13,15-16H,3,5-6,8-9,11H2,1-2H3. The lowest BCUT2D eigenvalue weighted by atomic mass is 9.77. The van der Waals surface area contributed by atoms with E-state index in [1.807, 2.05) is 11.3 Å². The molecule has 0 aromatic carbocycles. The normalized spacial score (nSPS) is 26.9. The first-order chi connectivity index (χ1) is 8.29. The molecule has 1 aromatic heterocycles. The Morgan fingerprint density at radius 3 is 3.00 bits per heavy atom. The summed E-state index contributed by atoms with van der Waals surface area (Å²) in [4.78, 5) is 1.54. The molecule has 1 N–H and O–H groups in total. The molecular formula is C15H25NS. The molecule has 2 rings (SSSR count). The molecule has 0 amide bonds. The van der Waals surface area contributed by atoms with Crippen molar-refractivity contribution in [2.45, 2.75) is 51.5 Å². The third kappa shape index (κ3) is 3.82. The fourth-order valence-electron chi connectivity index (χ4n) is 3.21. The Kier molecular flexibility index (Phi) is 5.05. The summed E-state index contributed by atoms with van der Waals surface area (Å²) in [5.41, 5.74) is 0. The first-order valence-electron chi connectivity index (χ1n) is 6.99. The van der Waals surface area contributed by atoms with Gasteiger partial charge in [-0.3, -0.25) is 0 Å². The van der Waals surface area contributed by atoms with Crippen molar-refractivity contribution in [3.8, 4) is 0 Å². The van der Waals surface area contributed by atoms with E-state index in [2.05, 4.69) is 36.8 Å². The maximum absolute atomic E-state index is 3.56. The maximum atomic E-state index is 3.56. The Hall–Kier alpha value is -0.340. The molecule has 0 spiro atoms. The van der Waals surface area contributed by atoms with E-state index in [9.17, 15) is 0 Å². The largest absolute Gasteiger partial charge is 0.317 e. The Bertz CT molecular complexity index is 307. The smallest absolute Gasteiger partial charge is 0.00958 e. The van der Waals surface area contributed by atoms with Crippen molar-refractivity contribution in [3.63, 3.8) is 0 Å². The van der Waals surface area contributed by atoms with Crippen molar-refractivity contribution in [3.05, 3.63) is 22.4 Å². The van der Waals surface area contributed by atoms with Crippen LogP contribution in [0, 0.1) is 11.8 Å². The van der Waals surface area contributed by atoms with Gasteiger partial charge in [-0.15, -0.1) is 11.3 Å². The highest BCUT2D eigenvalue weighted by molar-refractivity contribution is 7.09. The zero-order valence-electron chi connectivity index (χ0n) is 11.1. The van der Waals surface area contributed by atoms with Crippen molar-refractivity contribution in [2.75, 3.05) is 7.05 Å². The van der Waals surface area contributed by atoms with Crippen molar-refractivity contribution in [1.29, 1.82) is 0 Å². The molecule has 1 nitrogen and oxygen atoms in total. The topological polar surface area (TPSA) is 12.0 Å². The van der Waals surface area contributed by atoms with Gasteiger partial charge < -0.3 is 5.32 Å².